The van der Waals surface area contributed by atoms with Gasteiger partial charge in [0.2, 0.25) is 0 Å². The van der Waals surface area contributed by atoms with Crippen LogP contribution in [0.3, 0.4) is 0 Å². The first-order chi connectivity index (χ1) is 15.2. The standard InChI is InChI=1S/C25H23N3O4/c1-25(2)12-17-20(18(30)13-25)19(14-8-10-16(29)11-9-14)21-22(26-24(32)27-23(21)31)28(17)15-6-4-3-5-7-15/h3-11,19,29H,12-13H2,1-2H3,(H2,26,27,31,32). The lowest BCUT2D eigenvalue weighted by Crippen LogP contribution is -2.42. The molecule has 3 N–H and O–H groups in total. The number of nitrogens with zero attached hydrogens (tertiary/aromatic N) is 1. The van der Waals surface area contributed by atoms with E-state index in [0.29, 0.717) is 35.4 Å². The zero-order valence-corrected chi connectivity index (χ0v) is 17.8. The highest BCUT2D eigenvalue weighted by atomic mass is 16.3. The number of aromatic hydroxyl groups is 1. The smallest absolute Gasteiger partial charge is 0.327 e. The lowest BCUT2D eigenvalue weighted by atomic mass is 9.68. The van der Waals surface area contributed by atoms with E-state index in [-0.39, 0.29) is 16.9 Å². The summed E-state index contributed by atoms with van der Waals surface area (Å²) >= 11 is 0. The minimum Gasteiger partial charge on any atom is -0.508 e. The zero-order chi connectivity index (χ0) is 22.6. The normalized spacial score (nSPS) is 19.5. The Morgan fingerprint density at radius 2 is 1.62 bits per heavy atom. The summed E-state index contributed by atoms with van der Waals surface area (Å²) in [6.07, 6.45) is 0.964. The molecule has 2 aliphatic rings. The van der Waals surface area contributed by atoms with Gasteiger partial charge in [-0.25, -0.2) is 4.79 Å². The predicted octanol–water partition coefficient (Wildman–Crippen LogP) is 3.70. The molecule has 162 valence electrons. The number of nitrogens with one attached hydrogen (secondary N) is 2. The van der Waals surface area contributed by atoms with Crippen molar-refractivity contribution in [2.24, 2.45) is 5.41 Å². The molecule has 1 aliphatic heterocycles. The first-order valence-electron chi connectivity index (χ1n) is 10.5. The highest BCUT2D eigenvalue weighted by molar-refractivity contribution is 6.02. The Hall–Kier alpha value is -3.87. The number of anilines is 2. The third kappa shape index (κ3) is 3.17. The summed E-state index contributed by atoms with van der Waals surface area (Å²) in [5.41, 5.74) is 1.70. The van der Waals surface area contributed by atoms with E-state index in [0.717, 1.165) is 11.4 Å². The Morgan fingerprint density at radius 3 is 2.31 bits per heavy atom. The van der Waals surface area contributed by atoms with Gasteiger partial charge in [0, 0.05) is 29.3 Å². The number of aromatic nitrogens is 2. The summed E-state index contributed by atoms with van der Waals surface area (Å²) in [4.78, 5) is 46.0. The molecule has 2 aromatic carbocycles. The molecular formula is C25H23N3O4. The Kier molecular flexibility index (Phi) is 4.44. The Morgan fingerprint density at radius 1 is 0.938 bits per heavy atom. The quantitative estimate of drug-likeness (QED) is 0.576. The van der Waals surface area contributed by atoms with Gasteiger partial charge >= 0.3 is 5.69 Å². The van der Waals surface area contributed by atoms with Crippen LogP contribution in [0.25, 0.3) is 0 Å². The molecule has 0 fully saturated rings. The van der Waals surface area contributed by atoms with Gasteiger partial charge in [-0.1, -0.05) is 44.2 Å². The van der Waals surface area contributed by atoms with Gasteiger partial charge in [0.05, 0.1) is 5.56 Å². The molecule has 1 unspecified atom stereocenters. The molecule has 5 rings (SSSR count). The second-order valence-electron chi connectivity index (χ2n) is 9.17. The second-order valence-corrected chi connectivity index (χ2v) is 9.17. The number of H-pyrrole nitrogens is 2. The first kappa shape index (κ1) is 20.1. The predicted molar refractivity (Wildman–Crippen MR) is 121 cm³/mol. The van der Waals surface area contributed by atoms with E-state index in [9.17, 15) is 19.5 Å². The molecule has 32 heavy (non-hydrogen) atoms. The minimum absolute atomic E-state index is 0.0218. The van der Waals surface area contributed by atoms with Gasteiger partial charge in [-0.05, 0) is 41.7 Å². The molecule has 0 radical (unpaired) electrons. The maximum Gasteiger partial charge on any atom is 0.327 e. The monoisotopic (exact) mass is 429 g/mol. The van der Waals surface area contributed by atoms with Gasteiger partial charge in [-0.3, -0.25) is 24.5 Å². The molecule has 1 aliphatic carbocycles. The minimum atomic E-state index is -0.648. The van der Waals surface area contributed by atoms with E-state index in [2.05, 4.69) is 9.97 Å². The third-order valence-electron chi connectivity index (χ3n) is 6.17. The number of fused-ring (bicyclic) bond motifs is 1. The number of rotatable bonds is 2. The number of phenolic OH excluding ortho intramolecular Hbond substituents is 1. The molecule has 0 spiro atoms. The van der Waals surface area contributed by atoms with Gasteiger partial charge < -0.3 is 5.11 Å². The fourth-order valence-corrected chi connectivity index (χ4v) is 4.90. The largest absolute Gasteiger partial charge is 0.508 e. The summed E-state index contributed by atoms with van der Waals surface area (Å²) < 4.78 is 0. The van der Waals surface area contributed by atoms with Crippen molar-refractivity contribution in [1.29, 1.82) is 0 Å². The van der Waals surface area contributed by atoms with Crippen molar-refractivity contribution in [2.45, 2.75) is 32.6 Å². The topological polar surface area (TPSA) is 106 Å². The average molecular weight is 429 g/mol. The molecule has 3 aromatic rings. The highest BCUT2D eigenvalue weighted by Crippen LogP contribution is 2.51. The third-order valence-corrected chi connectivity index (χ3v) is 6.17. The highest BCUT2D eigenvalue weighted by Gasteiger charge is 2.45. The van der Waals surface area contributed by atoms with Crippen molar-refractivity contribution in [3.63, 3.8) is 0 Å². The molecule has 2 heterocycles. The van der Waals surface area contributed by atoms with Crippen LogP contribution in [0.5, 0.6) is 5.75 Å². The molecule has 0 amide bonds. The number of carbonyl (C=O) groups is 1. The number of phenols is 1. The van der Waals surface area contributed by atoms with Crippen LogP contribution in [0.15, 0.2) is 75.5 Å². The van der Waals surface area contributed by atoms with Gasteiger partial charge in [0.15, 0.2) is 5.78 Å². The summed E-state index contributed by atoms with van der Waals surface area (Å²) in [6.45, 7) is 4.09. The van der Waals surface area contributed by atoms with Crippen molar-refractivity contribution in [3.05, 3.63) is 97.8 Å². The van der Waals surface area contributed by atoms with Crippen LogP contribution in [-0.2, 0) is 4.79 Å². The number of carbonyl (C=O) groups excluding carboxylic acids is 1. The lowest BCUT2D eigenvalue weighted by molar-refractivity contribution is -0.118. The van der Waals surface area contributed by atoms with Crippen molar-refractivity contribution < 1.29 is 9.90 Å². The van der Waals surface area contributed by atoms with Crippen LogP contribution >= 0.6 is 0 Å². The summed E-state index contributed by atoms with van der Waals surface area (Å²) in [6, 6.07) is 15.9. The van der Waals surface area contributed by atoms with E-state index >= 15 is 0 Å². The van der Waals surface area contributed by atoms with E-state index in [4.69, 9.17) is 0 Å². The van der Waals surface area contributed by atoms with Gasteiger partial charge in [-0.2, -0.15) is 0 Å². The number of ketones is 1. The van der Waals surface area contributed by atoms with Crippen LogP contribution in [0.4, 0.5) is 11.5 Å². The summed E-state index contributed by atoms with van der Waals surface area (Å²) in [5.74, 6) is -0.208. The second kappa shape index (κ2) is 7.09. The maximum atomic E-state index is 13.5. The van der Waals surface area contributed by atoms with E-state index in [1.807, 2.05) is 49.1 Å². The first-order valence-corrected chi connectivity index (χ1v) is 10.5. The number of allylic oxidation sites excluding steroid dienone is 2. The number of Topliss-reactive ketones (excluding diaryl/α,β-unsaturated/α-hetero) is 1. The molecule has 1 atom stereocenters. The van der Waals surface area contributed by atoms with Crippen LogP contribution in [0.2, 0.25) is 0 Å². The van der Waals surface area contributed by atoms with E-state index in [1.54, 1.807) is 12.1 Å². The van der Waals surface area contributed by atoms with Crippen LogP contribution in [-0.4, -0.2) is 20.9 Å². The van der Waals surface area contributed by atoms with Crippen LogP contribution in [0, 0.1) is 5.41 Å². The fourth-order valence-electron chi connectivity index (χ4n) is 4.90. The number of hydrogen-bond acceptors (Lipinski definition) is 5. The lowest BCUT2D eigenvalue weighted by Gasteiger charge is -2.44. The summed E-state index contributed by atoms with van der Waals surface area (Å²) in [5, 5.41) is 9.78. The molecule has 0 saturated heterocycles. The molecule has 1 aromatic heterocycles. The Labute approximate surface area is 184 Å². The van der Waals surface area contributed by atoms with Crippen molar-refractivity contribution >= 4 is 17.3 Å². The van der Waals surface area contributed by atoms with Gasteiger partial charge in [0.1, 0.15) is 11.6 Å². The molecule has 0 bridgehead atoms. The fraction of sp³-hybridized carbons (Fsp3) is 0.240. The Balaban J connectivity index is 1.89. The van der Waals surface area contributed by atoms with Gasteiger partial charge in [0.25, 0.3) is 5.56 Å². The van der Waals surface area contributed by atoms with Crippen molar-refractivity contribution in [1.82, 2.24) is 9.97 Å². The van der Waals surface area contributed by atoms with Crippen LogP contribution < -0.4 is 16.1 Å². The summed E-state index contributed by atoms with van der Waals surface area (Å²) in [7, 11) is 0. The van der Waals surface area contributed by atoms with Crippen molar-refractivity contribution in [2.75, 3.05) is 4.90 Å². The molecular weight excluding hydrogens is 406 g/mol. The molecule has 7 nitrogen and oxygen atoms in total. The zero-order valence-electron chi connectivity index (χ0n) is 17.8. The molecule has 7 heteroatoms. The number of benzene rings is 2. The number of para-hydroxylation sites is 1. The number of hydrogen-bond donors (Lipinski definition) is 3. The van der Waals surface area contributed by atoms with Crippen LogP contribution in [0.1, 0.15) is 43.7 Å². The Bertz CT molecular complexity index is 1360. The SMILES string of the molecule is CC1(C)CC(=O)C2=C(C1)N(c1ccccc1)c1[nH]c(=O)[nH]c(=O)c1C2c1ccc(O)cc1. The maximum absolute atomic E-state index is 13.5. The van der Waals surface area contributed by atoms with E-state index < -0.39 is 17.2 Å². The number of aromatic amines is 2. The average Bonchev–Trinajstić information content (AvgIpc) is 2.72. The van der Waals surface area contributed by atoms with Crippen molar-refractivity contribution in [3.8, 4) is 5.75 Å². The molecule has 0 saturated carbocycles. The van der Waals surface area contributed by atoms with Gasteiger partial charge in [-0.15, -0.1) is 0 Å². The van der Waals surface area contributed by atoms with E-state index in [1.165, 1.54) is 12.1 Å².